The van der Waals surface area contributed by atoms with Gasteiger partial charge >= 0.3 is 0 Å². The quantitative estimate of drug-likeness (QED) is 0.651. The molecule has 0 aliphatic carbocycles. The van der Waals surface area contributed by atoms with Gasteiger partial charge in [-0.25, -0.2) is 0 Å². The number of rotatable bonds is 5. The van der Waals surface area contributed by atoms with E-state index in [0.29, 0.717) is 18.3 Å². The van der Waals surface area contributed by atoms with Crippen molar-refractivity contribution in [2.45, 2.75) is 33.6 Å². The molecule has 1 N–H and O–H groups in total. The molecule has 0 fully saturated rings. The van der Waals surface area contributed by atoms with Crippen LogP contribution in [0.1, 0.15) is 33.6 Å². The molecule has 2 nitrogen and oxygen atoms in total. The van der Waals surface area contributed by atoms with Crippen LogP contribution in [0, 0.1) is 11.8 Å². The Labute approximate surface area is 81.4 Å². The van der Waals surface area contributed by atoms with E-state index < -0.39 is 0 Å². The minimum Gasteiger partial charge on any atom is -0.359 e. The lowest BCUT2D eigenvalue weighted by Gasteiger charge is -2.04. The Morgan fingerprint density at radius 1 is 1.38 bits per heavy atom. The van der Waals surface area contributed by atoms with E-state index in [2.05, 4.69) is 38.2 Å². The van der Waals surface area contributed by atoms with Gasteiger partial charge in [0.1, 0.15) is 0 Å². The second-order valence-electron chi connectivity index (χ2n) is 3.91. The fraction of sp³-hybridized carbons (Fsp3) is 0.727. The third kappa shape index (κ3) is 7.57. The molecule has 0 aliphatic heterocycles. The molecule has 0 radical (unpaired) electrons. The summed E-state index contributed by atoms with van der Waals surface area (Å²) in [5, 5.41) is 2.62. The highest BCUT2D eigenvalue weighted by atomic mass is 16.1. The van der Waals surface area contributed by atoms with Crippen molar-refractivity contribution in [1.29, 1.82) is 0 Å². The first kappa shape index (κ1) is 12.2. The van der Waals surface area contributed by atoms with Gasteiger partial charge in [0.15, 0.2) is 0 Å². The van der Waals surface area contributed by atoms with E-state index in [1.165, 1.54) is 0 Å². The van der Waals surface area contributed by atoms with Crippen molar-refractivity contribution in [2.24, 2.45) is 11.8 Å². The van der Waals surface area contributed by atoms with Gasteiger partial charge in [0, 0.05) is 13.5 Å². The van der Waals surface area contributed by atoms with E-state index in [-0.39, 0.29) is 5.91 Å². The van der Waals surface area contributed by atoms with Crippen molar-refractivity contribution in [3.05, 3.63) is 12.2 Å². The van der Waals surface area contributed by atoms with Crippen LogP contribution in [0.3, 0.4) is 0 Å². The maximum absolute atomic E-state index is 11.0. The number of amides is 1. The minimum atomic E-state index is 0.113. The average Bonchev–Trinajstić information content (AvgIpc) is 2.03. The Morgan fingerprint density at radius 3 is 2.46 bits per heavy atom. The third-order valence-electron chi connectivity index (χ3n) is 1.86. The van der Waals surface area contributed by atoms with Crippen molar-refractivity contribution in [3.8, 4) is 0 Å². The van der Waals surface area contributed by atoms with Crippen LogP contribution in [0.2, 0.25) is 0 Å². The number of carbonyl (C=O) groups excluding carboxylic acids is 1. The summed E-state index contributed by atoms with van der Waals surface area (Å²) in [6, 6.07) is 0. The fourth-order valence-electron chi connectivity index (χ4n) is 1.05. The standard InChI is InChI=1S/C11H21NO/c1-9(2)6-5-7-10(3)8-11(13)12-4/h5,7,9-10H,6,8H2,1-4H3,(H,12,13)/b7-5+/t10-/m0/s1. The summed E-state index contributed by atoms with van der Waals surface area (Å²) in [6.07, 6.45) is 5.97. The zero-order valence-electron chi connectivity index (χ0n) is 9.13. The molecule has 0 aromatic heterocycles. The summed E-state index contributed by atoms with van der Waals surface area (Å²) >= 11 is 0. The van der Waals surface area contributed by atoms with Crippen LogP contribution < -0.4 is 5.32 Å². The van der Waals surface area contributed by atoms with Gasteiger partial charge in [0.2, 0.25) is 5.91 Å². The highest BCUT2D eigenvalue weighted by Crippen LogP contribution is 2.06. The summed E-state index contributed by atoms with van der Waals surface area (Å²) < 4.78 is 0. The second-order valence-corrected chi connectivity index (χ2v) is 3.91. The number of hydrogen-bond donors (Lipinski definition) is 1. The number of nitrogens with one attached hydrogen (secondary N) is 1. The van der Waals surface area contributed by atoms with Crippen LogP contribution in [0.5, 0.6) is 0 Å². The molecule has 0 aromatic rings. The normalized spacial score (nSPS) is 13.6. The molecule has 1 atom stereocenters. The van der Waals surface area contributed by atoms with Crippen LogP contribution in [0.15, 0.2) is 12.2 Å². The van der Waals surface area contributed by atoms with E-state index in [0.717, 1.165) is 6.42 Å². The van der Waals surface area contributed by atoms with Crippen LogP contribution >= 0.6 is 0 Å². The van der Waals surface area contributed by atoms with Crippen LogP contribution in [-0.2, 0) is 4.79 Å². The molecule has 76 valence electrons. The van der Waals surface area contributed by atoms with E-state index in [1.54, 1.807) is 7.05 Å². The summed E-state index contributed by atoms with van der Waals surface area (Å²) in [4.78, 5) is 11.0. The molecular formula is C11H21NO. The lowest BCUT2D eigenvalue weighted by Crippen LogP contribution is -2.19. The van der Waals surface area contributed by atoms with Gasteiger partial charge in [0.05, 0.1) is 0 Å². The summed E-state index contributed by atoms with van der Waals surface area (Å²) in [5.41, 5.74) is 0. The molecule has 0 saturated carbocycles. The van der Waals surface area contributed by atoms with E-state index in [4.69, 9.17) is 0 Å². The lowest BCUT2D eigenvalue weighted by atomic mass is 10.0. The first-order valence-corrected chi connectivity index (χ1v) is 4.93. The van der Waals surface area contributed by atoms with Crippen LogP contribution in [-0.4, -0.2) is 13.0 Å². The van der Waals surface area contributed by atoms with Gasteiger partial charge in [-0.3, -0.25) is 4.79 Å². The maximum Gasteiger partial charge on any atom is 0.220 e. The highest BCUT2D eigenvalue weighted by molar-refractivity contribution is 5.75. The Bertz CT molecular complexity index is 173. The van der Waals surface area contributed by atoms with Crippen molar-refractivity contribution < 1.29 is 4.79 Å². The van der Waals surface area contributed by atoms with E-state index >= 15 is 0 Å². The Morgan fingerprint density at radius 2 is 2.00 bits per heavy atom. The monoisotopic (exact) mass is 183 g/mol. The predicted octanol–water partition coefficient (Wildman–Crippen LogP) is 2.36. The molecule has 13 heavy (non-hydrogen) atoms. The molecule has 1 amide bonds. The Hall–Kier alpha value is -0.790. The van der Waals surface area contributed by atoms with Crippen molar-refractivity contribution >= 4 is 5.91 Å². The van der Waals surface area contributed by atoms with Gasteiger partial charge < -0.3 is 5.32 Å². The molecule has 0 spiro atoms. The van der Waals surface area contributed by atoms with Crippen LogP contribution in [0.4, 0.5) is 0 Å². The summed E-state index contributed by atoms with van der Waals surface area (Å²) in [7, 11) is 1.67. The van der Waals surface area contributed by atoms with Gasteiger partial charge in [-0.05, 0) is 18.3 Å². The first-order valence-electron chi connectivity index (χ1n) is 4.93. The SMILES string of the molecule is CNC(=O)C[C@@H](C)/C=C/CC(C)C. The smallest absolute Gasteiger partial charge is 0.220 e. The second kappa shape index (κ2) is 6.70. The fourth-order valence-corrected chi connectivity index (χ4v) is 1.05. The summed E-state index contributed by atoms with van der Waals surface area (Å²) in [5.74, 6) is 1.16. The Balaban J connectivity index is 3.66. The van der Waals surface area contributed by atoms with Crippen molar-refractivity contribution in [2.75, 3.05) is 7.05 Å². The van der Waals surface area contributed by atoms with Gasteiger partial charge in [-0.2, -0.15) is 0 Å². The van der Waals surface area contributed by atoms with E-state index in [1.807, 2.05) is 0 Å². The molecule has 0 heterocycles. The third-order valence-corrected chi connectivity index (χ3v) is 1.86. The van der Waals surface area contributed by atoms with Crippen molar-refractivity contribution in [3.63, 3.8) is 0 Å². The van der Waals surface area contributed by atoms with Gasteiger partial charge in [0.25, 0.3) is 0 Å². The Kier molecular flexibility index (Phi) is 6.29. The zero-order chi connectivity index (χ0) is 10.3. The highest BCUT2D eigenvalue weighted by Gasteiger charge is 2.03. The minimum absolute atomic E-state index is 0.113. The zero-order valence-corrected chi connectivity index (χ0v) is 9.13. The van der Waals surface area contributed by atoms with Gasteiger partial charge in [-0.15, -0.1) is 0 Å². The van der Waals surface area contributed by atoms with Crippen molar-refractivity contribution in [1.82, 2.24) is 5.32 Å². The lowest BCUT2D eigenvalue weighted by molar-refractivity contribution is -0.121. The van der Waals surface area contributed by atoms with Gasteiger partial charge in [-0.1, -0.05) is 32.9 Å². The van der Waals surface area contributed by atoms with Crippen LogP contribution in [0.25, 0.3) is 0 Å². The summed E-state index contributed by atoms with van der Waals surface area (Å²) in [6.45, 7) is 6.44. The molecule has 0 aliphatic rings. The largest absolute Gasteiger partial charge is 0.359 e. The molecule has 0 rings (SSSR count). The predicted molar refractivity (Wildman–Crippen MR) is 56.4 cm³/mol. The molecule has 0 aromatic carbocycles. The number of carbonyl (C=O) groups is 1. The number of allylic oxidation sites excluding steroid dienone is 2. The molecule has 0 bridgehead atoms. The molecular weight excluding hydrogens is 162 g/mol. The topological polar surface area (TPSA) is 29.1 Å². The average molecular weight is 183 g/mol. The first-order chi connectivity index (χ1) is 6.06. The molecule has 0 saturated heterocycles. The molecule has 2 heteroatoms. The maximum atomic E-state index is 11.0. The van der Waals surface area contributed by atoms with E-state index in [9.17, 15) is 4.79 Å². The molecule has 0 unspecified atom stereocenters. The number of hydrogen-bond acceptors (Lipinski definition) is 1.